The van der Waals surface area contributed by atoms with Crippen LogP contribution in [0.2, 0.25) is 0 Å². The van der Waals surface area contributed by atoms with Crippen molar-refractivity contribution >= 4 is 21.4 Å². The van der Waals surface area contributed by atoms with Crippen molar-refractivity contribution in [3.05, 3.63) is 54.1 Å². The fourth-order valence-electron chi connectivity index (χ4n) is 2.20. The molecule has 2 aromatic carbocycles. The van der Waals surface area contributed by atoms with E-state index in [0.717, 1.165) is 11.3 Å². The van der Waals surface area contributed by atoms with Crippen molar-refractivity contribution in [2.45, 2.75) is 24.7 Å². The average Bonchev–Trinajstić information content (AvgIpc) is 2.56. The van der Waals surface area contributed by atoms with E-state index in [2.05, 4.69) is 23.9 Å². The maximum Gasteiger partial charge on any atom is 0.261 e. The van der Waals surface area contributed by atoms with Crippen molar-refractivity contribution in [2.75, 3.05) is 30.3 Å². The summed E-state index contributed by atoms with van der Waals surface area (Å²) in [5.41, 5.74) is 2.55. The zero-order valence-corrected chi connectivity index (χ0v) is 15.1. The quantitative estimate of drug-likeness (QED) is 0.714. The summed E-state index contributed by atoms with van der Waals surface area (Å²) < 4.78 is 32.4. The van der Waals surface area contributed by atoms with Gasteiger partial charge in [0.15, 0.2) is 0 Å². The number of anilines is 2. The van der Waals surface area contributed by atoms with E-state index in [9.17, 15) is 8.42 Å². The second-order valence-corrected chi connectivity index (χ2v) is 7.51. The van der Waals surface area contributed by atoms with Crippen LogP contribution in [0.1, 0.15) is 25.3 Å². The minimum absolute atomic E-state index is 0.259. The average molecular weight is 348 g/mol. The van der Waals surface area contributed by atoms with Gasteiger partial charge >= 0.3 is 0 Å². The standard InChI is InChI=1S/C18H24N2O3S/c1-14(2)15-4-10-18(11-5-15)24(21,22)20-17-8-6-16(7-9-17)19-12-13-23-3/h4-11,14,19-20H,12-13H2,1-3H3. The Bertz CT molecular complexity index is 739. The van der Waals surface area contributed by atoms with E-state index >= 15 is 0 Å². The molecule has 2 aromatic rings. The first-order chi connectivity index (χ1) is 11.4. The van der Waals surface area contributed by atoms with Crippen molar-refractivity contribution < 1.29 is 13.2 Å². The SMILES string of the molecule is COCCNc1ccc(NS(=O)(=O)c2ccc(C(C)C)cc2)cc1. The van der Waals surface area contributed by atoms with E-state index in [1.54, 1.807) is 31.4 Å². The fourth-order valence-corrected chi connectivity index (χ4v) is 3.26. The summed E-state index contributed by atoms with van der Waals surface area (Å²) >= 11 is 0. The molecule has 0 aliphatic heterocycles. The maximum absolute atomic E-state index is 12.4. The van der Waals surface area contributed by atoms with E-state index in [0.29, 0.717) is 24.8 Å². The third kappa shape index (κ3) is 4.97. The Morgan fingerprint density at radius 2 is 1.54 bits per heavy atom. The highest BCUT2D eigenvalue weighted by Crippen LogP contribution is 2.21. The molecule has 0 radical (unpaired) electrons. The lowest BCUT2D eigenvalue weighted by Gasteiger charge is -2.11. The van der Waals surface area contributed by atoms with Gasteiger partial charge in [0.05, 0.1) is 11.5 Å². The number of sulfonamides is 1. The number of hydrogen-bond acceptors (Lipinski definition) is 4. The molecule has 0 atom stereocenters. The van der Waals surface area contributed by atoms with Crippen molar-refractivity contribution in [3.63, 3.8) is 0 Å². The number of benzene rings is 2. The minimum atomic E-state index is -3.58. The van der Waals surface area contributed by atoms with E-state index < -0.39 is 10.0 Å². The van der Waals surface area contributed by atoms with Gasteiger partial charge in [-0.3, -0.25) is 4.72 Å². The van der Waals surface area contributed by atoms with Crippen LogP contribution in [-0.2, 0) is 14.8 Å². The number of methoxy groups -OCH3 is 1. The third-order valence-corrected chi connectivity index (χ3v) is 5.03. The lowest BCUT2D eigenvalue weighted by Crippen LogP contribution is -2.13. The second-order valence-electron chi connectivity index (χ2n) is 5.83. The molecule has 2 rings (SSSR count). The van der Waals surface area contributed by atoms with E-state index in [1.807, 2.05) is 24.3 Å². The number of ether oxygens (including phenoxy) is 1. The van der Waals surface area contributed by atoms with Gasteiger partial charge < -0.3 is 10.1 Å². The molecule has 0 bridgehead atoms. The Balaban J connectivity index is 2.05. The zero-order chi connectivity index (χ0) is 17.6. The van der Waals surface area contributed by atoms with Crippen LogP contribution in [0, 0.1) is 0 Å². The summed E-state index contributed by atoms with van der Waals surface area (Å²) in [5, 5.41) is 3.18. The molecule has 5 nitrogen and oxygen atoms in total. The molecule has 0 unspecified atom stereocenters. The molecule has 0 amide bonds. The minimum Gasteiger partial charge on any atom is -0.383 e. The molecule has 0 aliphatic rings. The van der Waals surface area contributed by atoms with Crippen LogP contribution in [0.4, 0.5) is 11.4 Å². The van der Waals surface area contributed by atoms with Gasteiger partial charge in [-0.1, -0.05) is 26.0 Å². The van der Waals surface area contributed by atoms with Gasteiger partial charge in [0, 0.05) is 25.0 Å². The van der Waals surface area contributed by atoms with Crippen LogP contribution in [0.25, 0.3) is 0 Å². The third-order valence-electron chi connectivity index (χ3n) is 3.63. The van der Waals surface area contributed by atoms with Gasteiger partial charge in [0.25, 0.3) is 10.0 Å². The maximum atomic E-state index is 12.4. The van der Waals surface area contributed by atoms with E-state index in [1.165, 1.54) is 0 Å². The molecule has 0 fully saturated rings. The predicted octanol–water partition coefficient (Wildman–Crippen LogP) is 3.67. The normalized spacial score (nSPS) is 11.5. The van der Waals surface area contributed by atoms with Crippen LogP contribution in [0.3, 0.4) is 0 Å². The molecule has 130 valence electrons. The van der Waals surface area contributed by atoms with Crippen molar-refractivity contribution in [1.29, 1.82) is 0 Å². The largest absolute Gasteiger partial charge is 0.383 e. The molecule has 0 spiro atoms. The Morgan fingerprint density at radius 3 is 2.08 bits per heavy atom. The lowest BCUT2D eigenvalue weighted by atomic mass is 10.0. The van der Waals surface area contributed by atoms with Crippen molar-refractivity contribution in [1.82, 2.24) is 0 Å². The molecule has 0 aromatic heterocycles. The first kappa shape index (κ1) is 18.3. The Morgan fingerprint density at radius 1 is 0.958 bits per heavy atom. The smallest absolute Gasteiger partial charge is 0.261 e. The van der Waals surface area contributed by atoms with Gasteiger partial charge in [-0.25, -0.2) is 8.42 Å². The Kier molecular flexibility index (Phi) is 6.23. The summed E-state index contributed by atoms with van der Waals surface area (Å²) in [7, 11) is -1.93. The van der Waals surface area contributed by atoms with E-state index in [-0.39, 0.29) is 4.90 Å². The first-order valence-corrected chi connectivity index (χ1v) is 9.36. The Labute approximate surface area is 144 Å². The van der Waals surface area contributed by atoms with Crippen molar-refractivity contribution in [2.24, 2.45) is 0 Å². The summed E-state index contributed by atoms with van der Waals surface area (Å²) in [6.45, 7) is 5.46. The molecular formula is C18H24N2O3S. The Hall–Kier alpha value is -2.05. The molecule has 0 saturated heterocycles. The topological polar surface area (TPSA) is 67.4 Å². The molecule has 6 heteroatoms. The summed E-state index contributed by atoms with van der Waals surface area (Å²) in [5.74, 6) is 0.368. The predicted molar refractivity (Wildman–Crippen MR) is 98.1 cm³/mol. The fraction of sp³-hybridized carbons (Fsp3) is 0.333. The summed E-state index contributed by atoms with van der Waals surface area (Å²) in [6, 6.07) is 14.1. The summed E-state index contributed by atoms with van der Waals surface area (Å²) in [6.07, 6.45) is 0. The first-order valence-electron chi connectivity index (χ1n) is 7.88. The van der Waals surface area contributed by atoms with Gasteiger partial charge in [0.2, 0.25) is 0 Å². The van der Waals surface area contributed by atoms with Gasteiger partial charge in [-0.05, 0) is 47.9 Å². The van der Waals surface area contributed by atoms with Crippen LogP contribution in [0.15, 0.2) is 53.4 Å². The summed E-state index contributed by atoms with van der Waals surface area (Å²) in [4.78, 5) is 0.259. The number of nitrogens with one attached hydrogen (secondary N) is 2. The van der Waals surface area contributed by atoms with Crippen LogP contribution >= 0.6 is 0 Å². The van der Waals surface area contributed by atoms with Gasteiger partial charge in [-0.2, -0.15) is 0 Å². The molecule has 2 N–H and O–H groups in total. The van der Waals surface area contributed by atoms with Crippen LogP contribution < -0.4 is 10.0 Å². The highest BCUT2D eigenvalue weighted by molar-refractivity contribution is 7.92. The van der Waals surface area contributed by atoms with Gasteiger partial charge in [-0.15, -0.1) is 0 Å². The van der Waals surface area contributed by atoms with Crippen LogP contribution in [0.5, 0.6) is 0 Å². The van der Waals surface area contributed by atoms with Crippen molar-refractivity contribution in [3.8, 4) is 0 Å². The molecular weight excluding hydrogens is 324 g/mol. The lowest BCUT2D eigenvalue weighted by molar-refractivity contribution is 0.211. The second kappa shape index (κ2) is 8.17. The van der Waals surface area contributed by atoms with E-state index in [4.69, 9.17) is 4.74 Å². The molecule has 0 heterocycles. The number of rotatable bonds is 8. The highest BCUT2D eigenvalue weighted by Gasteiger charge is 2.14. The van der Waals surface area contributed by atoms with Crippen LogP contribution in [-0.4, -0.2) is 28.7 Å². The molecule has 24 heavy (non-hydrogen) atoms. The highest BCUT2D eigenvalue weighted by atomic mass is 32.2. The molecule has 0 aliphatic carbocycles. The monoisotopic (exact) mass is 348 g/mol. The van der Waals surface area contributed by atoms with Gasteiger partial charge in [0.1, 0.15) is 0 Å². The zero-order valence-electron chi connectivity index (χ0n) is 14.2. The number of hydrogen-bond donors (Lipinski definition) is 2. The molecule has 0 saturated carbocycles.